The summed E-state index contributed by atoms with van der Waals surface area (Å²) in [6.45, 7) is 7.08. The minimum absolute atomic E-state index is 0.0734. The molecule has 1 aliphatic heterocycles. The van der Waals surface area contributed by atoms with Gasteiger partial charge in [0.15, 0.2) is 4.80 Å². The van der Waals surface area contributed by atoms with E-state index in [0.29, 0.717) is 17.1 Å². The number of thiazole rings is 1. The fourth-order valence-electron chi connectivity index (χ4n) is 3.97. The lowest BCUT2D eigenvalue weighted by Crippen LogP contribution is -2.50. The number of methoxy groups -OCH3 is 1. The van der Waals surface area contributed by atoms with Gasteiger partial charge in [0.05, 0.1) is 28.8 Å². The molecule has 0 unspecified atom stereocenters. The van der Waals surface area contributed by atoms with Crippen LogP contribution in [0.3, 0.4) is 0 Å². The van der Waals surface area contributed by atoms with Gasteiger partial charge in [0.1, 0.15) is 5.75 Å². The van der Waals surface area contributed by atoms with Gasteiger partial charge in [0.2, 0.25) is 10.0 Å². The molecule has 4 rings (SSSR count). The van der Waals surface area contributed by atoms with Crippen LogP contribution in [0.2, 0.25) is 0 Å². The largest absolute Gasteiger partial charge is 0.497 e. The number of nitrogens with zero attached hydrogens (tertiary/aromatic N) is 4. The van der Waals surface area contributed by atoms with E-state index in [-0.39, 0.29) is 43.2 Å². The van der Waals surface area contributed by atoms with Gasteiger partial charge in [-0.3, -0.25) is 4.79 Å². The molecule has 1 aromatic heterocycles. The van der Waals surface area contributed by atoms with Gasteiger partial charge in [-0.2, -0.15) is 9.30 Å². The molecule has 2 amide bonds. The third kappa shape index (κ3) is 5.60. The second-order valence-corrected chi connectivity index (χ2v) is 11.1. The van der Waals surface area contributed by atoms with Gasteiger partial charge in [0, 0.05) is 38.3 Å². The lowest BCUT2D eigenvalue weighted by molar-refractivity contribution is 0.0933. The van der Waals surface area contributed by atoms with Crippen molar-refractivity contribution < 1.29 is 27.5 Å². The van der Waals surface area contributed by atoms with Crippen LogP contribution < -0.4 is 9.54 Å². The second-order valence-electron chi connectivity index (χ2n) is 8.15. The zero-order valence-electron chi connectivity index (χ0n) is 20.6. The minimum Gasteiger partial charge on any atom is -0.497 e. The van der Waals surface area contributed by atoms with Crippen molar-refractivity contribution in [3.05, 3.63) is 65.5 Å². The Kier molecular flexibility index (Phi) is 8.10. The van der Waals surface area contributed by atoms with Crippen molar-refractivity contribution in [3.63, 3.8) is 0 Å². The molecule has 2 heterocycles. The van der Waals surface area contributed by atoms with Crippen molar-refractivity contribution in [3.8, 4) is 5.75 Å². The third-order valence-electron chi connectivity index (χ3n) is 5.90. The summed E-state index contributed by atoms with van der Waals surface area (Å²) < 4.78 is 40.6. The summed E-state index contributed by atoms with van der Waals surface area (Å²) in [7, 11) is -2.18. The number of ether oxygens (including phenoxy) is 2. The maximum atomic E-state index is 13.1. The number of carbonyl (C=O) groups is 2. The first-order valence-corrected chi connectivity index (χ1v) is 13.9. The van der Waals surface area contributed by atoms with Crippen LogP contribution in [-0.2, 0) is 21.3 Å². The van der Waals surface area contributed by atoms with E-state index in [4.69, 9.17) is 9.47 Å². The van der Waals surface area contributed by atoms with Crippen LogP contribution >= 0.6 is 11.3 Å². The fourth-order valence-corrected chi connectivity index (χ4v) is 6.46. The molecule has 37 heavy (non-hydrogen) atoms. The Morgan fingerprint density at radius 3 is 2.43 bits per heavy atom. The number of sulfonamides is 1. The van der Waals surface area contributed by atoms with Gasteiger partial charge in [0.25, 0.3) is 5.91 Å². The molecule has 0 atom stereocenters. The van der Waals surface area contributed by atoms with Gasteiger partial charge in [-0.15, -0.1) is 6.58 Å². The van der Waals surface area contributed by atoms with E-state index in [1.54, 1.807) is 20.1 Å². The highest BCUT2D eigenvalue weighted by Crippen LogP contribution is 2.24. The normalized spacial score (nSPS) is 15.1. The highest BCUT2D eigenvalue weighted by Gasteiger charge is 2.30. The molecule has 1 aliphatic rings. The number of hydrogen-bond acceptors (Lipinski definition) is 7. The summed E-state index contributed by atoms with van der Waals surface area (Å²) in [5.41, 5.74) is 1.17. The quantitative estimate of drug-likeness (QED) is 0.423. The van der Waals surface area contributed by atoms with Crippen molar-refractivity contribution >= 4 is 43.6 Å². The summed E-state index contributed by atoms with van der Waals surface area (Å²) in [4.78, 5) is 31.2. The van der Waals surface area contributed by atoms with Gasteiger partial charge in [-0.25, -0.2) is 13.2 Å². The third-order valence-corrected chi connectivity index (χ3v) is 8.86. The molecule has 0 saturated carbocycles. The molecule has 3 aromatic rings. The Balaban J connectivity index is 1.54. The number of benzene rings is 2. The Hall–Kier alpha value is -3.48. The zero-order chi connectivity index (χ0) is 26.6. The number of fused-ring (bicyclic) bond motifs is 1. The van der Waals surface area contributed by atoms with E-state index in [1.165, 1.54) is 44.8 Å². The van der Waals surface area contributed by atoms with Crippen LogP contribution in [0.15, 0.2) is 65.0 Å². The van der Waals surface area contributed by atoms with E-state index < -0.39 is 22.0 Å². The topological polar surface area (TPSA) is 111 Å². The minimum atomic E-state index is -3.78. The first kappa shape index (κ1) is 26.6. The Bertz CT molecular complexity index is 1480. The van der Waals surface area contributed by atoms with Gasteiger partial charge in [-0.05, 0) is 49.4 Å². The van der Waals surface area contributed by atoms with Gasteiger partial charge < -0.3 is 18.9 Å². The maximum absolute atomic E-state index is 13.1. The fraction of sp³-hybridized carbons (Fsp3) is 0.320. The first-order valence-electron chi connectivity index (χ1n) is 11.7. The summed E-state index contributed by atoms with van der Waals surface area (Å²) in [5, 5.41) is 0. The molecule has 1 fully saturated rings. The average Bonchev–Trinajstić information content (AvgIpc) is 3.24. The Labute approximate surface area is 219 Å². The molecular weight excluding hydrogens is 516 g/mol. The van der Waals surface area contributed by atoms with Gasteiger partial charge >= 0.3 is 6.09 Å². The first-order chi connectivity index (χ1) is 17.8. The lowest BCUT2D eigenvalue weighted by Gasteiger charge is -2.33. The number of aromatic nitrogens is 1. The number of amides is 2. The van der Waals surface area contributed by atoms with Crippen molar-refractivity contribution in [2.24, 2.45) is 4.99 Å². The van der Waals surface area contributed by atoms with E-state index in [1.807, 2.05) is 22.8 Å². The molecule has 196 valence electrons. The van der Waals surface area contributed by atoms with Crippen LogP contribution in [0.25, 0.3) is 10.2 Å². The summed E-state index contributed by atoms with van der Waals surface area (Å²) >= 11 is 1.36. The van der Waals surface area contributed by atoms with Crippen LogP contribution in [0, 0.1) is 0 Å². The lowest BCUT2D eigenvalue weighted by atomic mass is 10.2. The maximum Gasteiger partial charge on any atom is 0.409 e. The smallest absolute Gasteiger partial charge is 0.409 e. The molecule has 2 aromatic carbocycles. The van der Waals surface area contributed by atoms with E-state index in [0.717, 1.165) is 10.2 Å². The highest BCUT2D eigenvalue weighted by atomic mass is 32.2. The number of hydrogen-bond donors (Lipinski definition) is 0. The standard InChI is InChI=1S/C25H28N4O6S2/c1-4-12-29-21-11-8-19(34-3)17-22(21)36-24(29)26-23(30)18-6-9-20(10-7-18)37(32,33)28-15-13-27(14-16-28)25(31)35-5-2/h4,6-11,17H,1,5,12-16H2,2-3H3. The second kappa shape index (κ2) is 11.3. The van der Waals surface area contributed by atoms with Crippen LogP contribution in [0.5, 0.6) is 5.75 Å². The molecular formula is C25H28N4O6S2. The number of piperazine rings is 1. The molecule has 10 nitrogen and oxygen atoms in total. The van der Waals surface area contributed by atoms with Crippen LogP contribution in [-0.4, -0.2) is 74.1 Å². The highest BCUT2D eigenvalue weighted by molar-refractivity contribution is 7.89. The monoisotopic (exact) mass is 544 g/mol. The molecule has 12 heteroatoms. The zero-order valence-corrected chi connectivity index (χ0v) is 22.3. The van der Waals surface area contributed by atoms with Crippen molar-refractivity contribution in [1.82, 2.24) is 13.8 Å². The molecule has 0 bridgehead atoms. The average molecular weight is 545 g/mol. The molecule has 1 saturated heterocycles. The van der Waals surface area contributed by atoms with Crippen LogP contribution in [0.4, 0.5) is 4.79 Å². The number of rotatable bonds is 7. The Morgan fingerprint density at radius 2 is 1.81 bits per heavy atom. The number of carbonyl (C=O) groups excluding carboxylic acids is 2. The molecule has 0 aliphatic carbocycles. The molecule has 0 spiro atoms. The predicted octanol–water partition coefficient (Wildman–Crippen LogP) is 3.10. The molecule has 0 N–H and O–H groups in total. The van der Waals surface area contributed by atoms with Crippen LogP contribution in [0.1, 0.15) is 17.3 Å². The van der Waals surface area contributed by atoms with Gasteiger partial charge in [-0.1, -0.05) is 17.4 Å². The van der Waals surface area contributed by atoms with E-state index in [2.05, 4.69) is 11.6 Å². The summed E-state index contributed by atoms with van der Waals surface area (Å²) in [5.74, 6) is 0.222. The summed E-state index contributed by atoms with van der Waals surface area (Å²) in [6, 6.07) is 11.4. The Morgan fingerprint density at radius 1 is 1.11 bits per heavy atom. The van der Waals surface area contributed by atoms with Crippen molar-refractivity contribution in [2.45, 2.75) is 18.4 Å². The predicted molar refractivity (Wildman–Crippen MR) is 140 cm³/mol. The summed E-state index contributed by atoms with van der Waals surface area (Å²) in [6.07, 6.45) is 1.28. The van der Waals surface area contributed by atoms with Crippen molar-refractivity contribution in [1.29, 1.82) is 0 Å². The molecule has 0 radical (unpaired) electrons. The SMILES string of the molecule is C=CCn1c(=NC(=O)c2ccc(S(=O)(=O)N3CCN(C(=O)OCC)CC3)cc2)sc2cc(OC)ccc21. The van der Waals surface area contributed by atoms with E-state index >= 15 is 0 Å². The van der Waals surface area contributed by atoms with E-state index in [9.17, 15) is 18.0 Å². The number of allylic oxidation sites excluding steroid dienone is 1. The van der Waals surface area contributed by atoms with Crippen molar-refractivity contribution in [2.75, 3.05) is 39.9 Å².